The van der Waals surface area contributed by atoms with Crippen LogP contribution in [0.1, 0.15) is 36.9 Å². The normalized spacial score (nSPS) is 26.2. The maximum absolute atomic E-state index is 12.6. The van der Waals surface area contributed by atoms with Crippen molar-refractivity contribution in [2.75, 3.05) is 26.7 Å². The van der Waals surface area contributed by atoms with Gasteiger partial charge >= 0.3 is 5.97 Å². The fraction of sp³-hybridized carbons (Fsp3) is 0.476. The van der Waals surface area contributed by atoms with Crippen LogP contribution in [0.4, 0.5) is 0 Å². The molecule has 25 heavy (non-hydrogen) atoms. The summed E-state index contributed by atoms with van der Waals surface area (Å²) in [7, 11) is 1.50. The molecular weight excluding hydrogens is 312 g/mol. The number of benzene rings is 1. The van der Waals surface area contributed by atoms with E-state index in [1.165, 1.54) is 23.6 Å². The van der Waals surface area contributed by atoms with E-state index in [0.29, 0.717) is 5.92 Å². The van der Waals surface area contributed by atoms with Crippen LogP contribution in [0.2, 0.25) is 0 Å². The minimum absolute atomic E-state index is 0.127. The van der Waals surface area contributed by atoms with Crippen molar-refractivity contribution in [3.8, 4) is 0 Å². The minimum atomic E-state index is -0.218. The summed E-state index contributed by atoms with van der Waals surface area (Å²) in [4.78, 5) is 18.7. The summed E-state index contributed by atoms with van der Waals surface area (Å²) in [5, 5.41) is 1.24. The summed E-state index contributed by atoms with van der Waals surface area (Å²) in [6.45, 7) is 5.36. The van der Waals surface area contributed by atoms with E-state index in [-0.39, 0.29) is 11.9 Å². The van der Waals surface area contributed by atoms with Crippen LogP contribution in [0.3, 0.4) is 0 Å². The Kier molecular flexibility index (Phi) is 4.38. The van der Waals surface area contributed by atoms with Crippen LogP contribution < -0.4 is 0 Å². The number of ether oxygens (including phenoxy) is 1. The highest BCUT2D eigenvalue weighted by Crippen LogP contribution is 2.36. The molecule has 3 atom stereocenters. The van der Waals surface area contributed by atoms with Gasteiger partial charge in [-0.2, -0.15) is 0 Å². The molecule has 0 amide bonds. The number of aromatic amines is 1. The predicted octanol–water partition coefficient (Wildman–Crippen LogP) is 3.64. The number of hydrogen-bond acceptors (Lipinski definition) is 3. The largest absolute Gasteiger partial charge is 0.469 e. The average molecular weight is 338 g/mol. The van der Waals surface area contributed by atoms with Gasteiger partial charge in [-0.05, 0) is 36.8 Å². The molecule has 1 aromatic carbocycles. The number of fused-ring (bicyclic) bond motifs is 5. The zero-order chi connectivity index (χ0) is 17.4. The van der Waals surface area contributed by atoms with Gasteiger partial charge in [-0.25, -0.2) is 0 Å². The van der Waals surface area contributed by atoms with Crippen molar-refractivity contribution in [3.05, 3.63) is 47.2 Å². The van der Waals surface area contributed by atoms with Crippen LogP contribution in [-0.2, 0) is 16.0 Å². The van der Waals surface area contributed by atoms with Gasteiger partial charge in [0.1, 0.15) is 0 Å². The summed E-state index contributed by atoms with van der Waals surface area (Å²) < 4.78 is 5.18. The summed E-state index contributed by atoms with van der Waals surface area (Å²) in [5.74, 6) is 0.0632. The Morgan fingerprint density at radius 3 is 3.00 bits per heavy atom. The standard InChI is InChI=1S/C21H26N2O2/c1-3-14-10-15-11-18(21(24)25-2)20-17(8-9-23(12-14)13-15)16-6-4-5-7-19(16)22-20/h4-7,10,15,18,22H,3,8-9,11-13H2,1-2H3/t15-,18+/m0/s1. The van der Waals surface area contributed by atoms with Crippen molar-refractivity contribution in [2.24, 2.45) is 5.92 Å². The molecule has 4 rings (SSSR count). The minimum Gasteiger partial charge on any atom is -0.469 e. The van der Waals surface area contributed by atoms with E-state index >= 15 is 0 Å². The number of nitrogens with one attached hydrogen (secondary N) is 1. The van der Waals surface area contributed by atoms with Gasteiger partial charge in [0, 0.05) is 36.2 Å². The van der Waals surface area contributed by atoms with Crippen molar-refractivity contribution >= 4 is 16.9 Å². The van der Waals surface area contributed by atoms with Crippen molar-refractivity contribution in [3.63, 3.8) is 0 Å². The second kappa shape index (κ2) is 6.68. The van der Waals surface area contributed by atoms with E-state index in [1.54, 1.807) is 0 Å². The molecule has 1 N–H and O–H groups in total. The maximum atomic E-state index is 12.6. The van der Waals surface area contributed by atoms with E-state index in [2.05, 4.69) is 41.1 Å². The molecule has 3 heterocycles. The Hall–Kier alpha value is -2.07. The lowest BCUT2D eigenvalue weighted by molar-refractivity contribution is -0.142. The monoisotopic (exact) mass is 338 g/mol. The van der Waals surface area contributed by atoms with Crippen LogP contribution in [-0.4, -0.2) is 42.6 Å². The molecule has 0 radical (unpaired) electrons. The van der Waals surface area contributed by atoms with Gasteiger partial charge in [0.15, 0.2) is 0 Å². The molecule has 1 aromatic heterocycles. The molecule has 2 aliphatic rings. The number of aromatic nitrogens is 1. The third-order valence-electron chi connectivity index (χ3n) is 5.74. The number of methoxy groups -OCH3 is 1. The van der Waals surface area contributed by atoms with Crippen molar-refractivity contribution in [1.82, 2.24) is 9.88 Å². The predicted molar refractivity (Wildman–Crippen MR) is 99.7 cm³/mol. The third-order valence-corrected chi connectivity index (χ3v) is 5.74. The highest BCUT2D eigenvalue weighted by atomic mass is 16.5. The van der Waals surface area contributed by atoms with Gasteiger partial charge in [0.25, 0.3) is 0 Å². The Labute approximate surface area is 148 Å². The first-order valence-electron chi connectivity index (χ1n) is 9.28. The number of hydrogen-bond donors (Lipinski definition) is 1. The first-order valence-corrected chi connectivity index (χ1v) is 9.28. The molecule has 2 bridgehead atoms. The van der Waals surface area contributed by atoms with Gasteiger partial charge in [0.2, 0.25) is 0 Å². The van der Waals surface area contributed by atoms with Crippen LogP contribution in [0.15, 0.2) is 35.9 Å². The van der Waals surface area contributed by atoms with Crippen molar-refractivity contribution in [1.29, 1.82) is 0 Å². The Bertz CT molecular complexity index is 820. The Morgan fingerprint density at radius 1 is 1.36 bits per heavy atom. The number of esters is 1. The Morgan fingerprint density at radius 2 is 2.20 bits per heavy atom. The molecular formula is C21H26N2O2. The van der Waals surface area contributed by atoms with Gasteiger partial charge in [-0.1, -0.05) is 36.8 Å². The molecule has 2 aromatic rings. The fourth-order valence-corrected chi connectivity index (χ4v) is 4.50. The summed E-state index contributed by atoms with van der Waals surface area (Å²) in [6.07, 6.45) is 5.27. The fourth-order valence-electron chi connectivity index (χ4n) is 4.50. The first kappa shape index (κ1) is 16.4. The second-order valence-electron chi connectivity index (χ2n) is 7.30. The smallest absolute Gasteiger partial charge is 0.314 e. The number of H-pyrrole nitrogens is 1. The van der Waals surface area contributed by atoms with E-state index in [9.17, 15) is 4.79 Å². The number of carbonyl (C=O) groups excluding carboxylic acids is 1. The van der Waals surface area contributed by atoms with E-state index in [1.807, 2.05) is 6.07 Å². The average Bonchev–Trinajstić information content (AvgIpc) is 3.02. The summed E-state index contributed by atoms with van der Waals surface area (Å²) in [6, 6.07) is 8.37. The SMILES string of the molecule is CCC1=C[C@H]2C[C@@H](C(=O)OC)c3[nH]c4ccccc4c3CCN(C1)C2. The topological polar surface area (TPSA) is 45.3 Å². The zero-order valence-corrected chi connectivity index (χ0v) is 15.0. The summed E-state index contributed by atoms with van der Waals surface area (Å²) in [5.41, 5.74) is 4.96. The van der Waals surface area contributed by atoms with Gasteiger partial charge in [-0.15, -0.1) is 0 Å². The lowest BCUT2D eigenvalue weighted by atomic mass is 9.87. The molecule has 4 heteroatoms. The molecule has 0 saturated heterocycles. The van der Waals surface area contributed by atoms with E-state index in [0.717, 1.165) is 50.1 Å². The lowest BCUT2D eigenvalue weighted by Crippen LogP contribution is -2.36. The van der Waals surface area contributed by atoms with Crippen molar-refractivity contribution in [2.45, 2.75) is 32.1 Å². The highest BCUT2D eigenvalue weighted by Gasteiger charge is 2.33. The zero-order valence-electron chi connectivity index (χ0n) is 15.0. The molecule has 0 saturated carbocycles. The number of nitrogens with zero attached hydrogens (tertiary/aromatic N) is 1. The van der Waals surface area contributed by atoms with E-state index < -0.39 is 0 Å². The molecule has 0 aliphatic carbocycles. The maximum Gasteiger partial charge on any atom is 0.314 e. The number of para-hydroxylation sites is 1. The molecule has 132 valence electrons. The molecule has 0 spiro atoms. The molecule has 1 unspecified atom stereocenters. The third kappa shape index (κ3) is 2.99. The van der Waals surface area contributed by atoms with Crippen LogP contribution in [0, 0.1) is 5.92 Å². The summed E-state index contributed by atoms with van der Waals surface area (Å²) >= 11 is 0. The number of rotatable bonds is 2. The second-order valence-corrected chi connectivity index (χ2v) is 7.30. The first-order chi connectivity index (χ1) is 12.2. The highest BCUT2D eigenvalue weighted by molar-refractivity contribution is 5.88. The van der Waals surface area contributed by atoms with Crippen LogP contribution >= 0.6 is 0 Å². The van der Waals surface area contributed by atoms with Crippen LogP contribution in [0.5, 0.6) is 0 Å². The Balaban J connectivity index is 1.82. The van der Waals surface area contributed by atoms with E-state index in [4.69, 9.17) is 4.74 Å². The lowest BCUT2D eigenvalue weighted by Gasteiger charge is -2.32. The van der Waals surface area contributed by atoms with Crippen LogP contribution in [0.25, 0.3) is 10.9 Å². The molecule has 0 fully saturated rings. The molecule has 4 nitrogen and oxygen atoms in total. The van der Waals surface area contributed by atoms with Gasteiger partial charge in [0.05, 0.1) is 13.0 Å². The molecule has 2 aliphatic heterocycles. The van der Waals surface area contributed by atoms with Gasteiger partial charge < -0.3 is 9.72 Å². The van der Waals surface area contributed by atoms with Crippen molar-refractivity contribution < 1.29 is 9.53 Å². The quantitative estimate of drug-likeness (QED) is 0.672. The van der Waals surface area contributed by atoms with Gasteiger partial charge in [-0.3, -0.25) is 9.69 Å². The number of carbonyl (C=O) groups is 1.